The lowest BCUT2D eigenvalue weighted by Crippen LogP contribution is -2.39. The fourth-order valence-corrected chi connectivity index (χ4v) is 2.09. The Morgan fingerprint density at radius 1 is 1.24 bits per heavy atom. The molecule has 118 valence electrons. The van der Waals surface area contributed by atoms with Crippen molar-refractivity contribution in [2.24, 2.45) is 11.8 Å². The number of aliphatic hydroxyl groups excluding tert-OH is 1. The van der Waals surface area contributed by atoms with Gasteiger partial charge in [0.05, 0.1) is 5.92 Å². The predicted molar refractivity (Wildman–Crippen MR) is 83.7 cm³/mol. The van der Waals surface area contributed by atoms with E-state index in [1.54, 1.807) is 0 Å². The molecule has 21 heavy (non-hydrogen) atoms. The van der Waals surface area contributed by atoms with E-state index < -0.39 is 0 Å². The first kappa shape index (κ1) is 17.7. The standard InChI is InChI=1S/C17H27NO3/c1-13(2)16(9-10-19)18-11-14(3)17(20)21-12-15-7-5-4-6-8-15/h4-8,13-14,16,18-19H,9-12H2,1-3H3. The lowest BCUT2D eigenvalue weighted by atomic mass is 10.0. The molecule has 1 rings (SSSR count). The Bertz CT molecular complexity index is 406. The predicted octanol–water partition coefficient (Wildman–Crippen LogP) is 2.36. The zero-order chi connectivity index (χ0) is 15.7. The van der Waals surface area contributed by atoms with Crippen LogP contribution in [-0.4, -0.2) is 30.3 Å². The molecule has 0 amide bonds. The zero-order valence-electron chi connectivity index (χ0n) is 13.2. The van der Waals surface area contributed by atoms with Crippen molar-refractivity contribution in [3.63, 3.8) is 0 Å². The molecule has 0 heterocycles. The first-order valence-electron chi connectivity index (χ1n) is 7.59. The molecule has 0 fully saturated rings. The monoisotopic (exact) mass is 293 g/mol. The number of benzene rings is 1. The number of hydrogen-bond acceptors (Lipinski definition) is 4. The van der Waals surface area contributed by atoms with Gasteiger partial charge in [0, 0.05) is 19.2 Å². The van der Waals surface area contributed by atoms with Crippen LogP contribution in [0.3, 0.4) is 0 Å². The summed E-state index contributed by atoms with van der Waals surface area (Å²) in [5, 5.41) is 12.4. The number of ether oxygens (including phenoxy) is 1. The molecule has 0 radical (unpaired) electrons. The van der Waals surface area contributed by atoms with Crippen LogP contribution in [0.15, 0.2) is 30.3 Å². The summed E-state index contributed by atoms with van der Waals surface area (Å²) in [4.78, 5) is 11.9. The van der Waals surface area contributed by atoms with Crippen LogP contribution in [0.2, 0.25) is 0 Å². The Kier molecular flexibility index (Phi) is 8.01. The third-order valence-corrected chi connectivity index (χ3v) is 3.56. The molecule has 1 aromatic rings. The van der Waals surface area contributed by atoms with Crippen LogP contribution in [0.25, 0.3) is 0 Å². The van der Waals surface area contributed by atoms with E-state index in [1.165, 1.54) is 0 Å². The highest BCUT2D eigenvalue weighted by molar-refractivity contribution is 5.72. The maximum Gasteiger partial charge on any atom is 0.310 e. The van der Waals surface area contributed by atoms with Gasteiger partial charge in [-0.15, -0.1) is 0 Å². The molecule has 0 aliphatic rings. The molecule has 1 aromatic carbocycles. The van der Waals surface area contributed by atoms with Gasteiger partial charge in [-0.1, -0.05) is 51.1 Å². The van der Waals surface area contributed by atoms with E-state index in [-0.39, 0.29) is 24.5 Å². The number of carbonyl (C=O) groups is 1. The number of carbonyl (C=O) groups excluding carboxylic acids is 1. The van der Waals surface area contributed by atoms with Crippen molar-refractivity contribution < 1.29 is 14.6 Å². The second-order valence-electron chi connectivity index (χ2n) is 5.77. The van der Waals surface area contributed by atoms with Gasteiger partial charge < -0.3 is 15.2 Å². The maximum atomic E-state index is 11.9. The molecule has 2 unspecified atom stereocenters. The number of esters is 1. The Morgan fingerprint density at radius 3 is 2.48 bits per heavy atom. The number of aliphatic hydroxyl groups is 1. The van der Waals surface area contributed by atoms with Crippen LogP contribution < -0.4 is 5.32 Å². The summed E-state index contributed by atoms with van der Waals surface area (Å²) in [5.41, 5.74) is 0.992. The Balaban J connectivity index is 2.33. The maximum absolute atomic E-state index is 11.9. The van der Waals surface area contributed by atoms with Crippen LogP contribution in [0.5, 0.6) is 0 Å². The van der Waals surface area contributed by atoms with Gasteiger partial charge in [-0.25, -0.2) is 0 Å². The smallest absolute Gasteiger partial charge is 0.310 e. The van der Waals surface area contributed by atoms with Crippen molar-refractivity contribution in [3.05, 3.63) is 35.9 Å². The van der Waals surface area contributed by atoms with Crippen molar-refractivity contribution in [1.29, 1.82) is 0 Å². The highest BCUT2D eigenvalue weighted by Gasteiger charge is 2.18. The quantitative estimate of drug-likeness (QED) is 0.686. The van der Waals surface area contributed by atoms with E-state index in [0.29, 0.717) is 25.5 Å². The molecule has 0 saturated heterocycles. The largest absolute Gasteiger partial charge is 0.461 e. The fourth-order valence-electron chi connectivity index (χ4n) is 2.09. The lowest BCUT2D eigenvalue weighted by molar-refractivity contribution is -0.149. The summed E-state index contributed by atoms with van der Waals surface area (Å²) in [7, 11) is 0. The molecule has 0 aliphatic carbocycles. The Hall–Kier alpha value is -1.39. The molecule has 0 bridgehead atoms. The minimum atomic E-state index is -0.200. The van der Waals surface area contributed by atoms with Crippen molar-refractivity contribution in [1.82, 2.24) is 5.32 Å². The van der Waals surface area contributed by atoms with Crippen LogP contribution in [0.1, 0.15) is 32.8 Å². The van der Waals surface area contributed by atoms with Crippen molar-refractivity contribution in [3.8, 4) is 0 Å². The van der Waals surface area contributed by atoms with Gasteiger partial charge in [-0.05, 0) is 17.9 Å². The minimum Gasteiger partial charge on any atom is -0.461 e. The summed E-state index contributed by atoms with van der Waals surface area (Å²) in [5.74, 6) is 0.0243. The Labute approximate surface area is 127 Å². The number of nitrogens with one attached hydrogen (secondary N) is 1. The molecule has 2 atom stereocenters. The van der Waals surface area contributed by atoms with Crippen molar-refractivity contribution in [2.75, 3.05) is 13.2 Å². The van der Waals surface area contributed by atoms with Gasteiger partial charge in [-0.2, -0.15) is 0 Å². The van der Waals surface area contributed by atoms with Crippen LogP contribution in [0.4, 0.5) is 0 Å². The minimum absolute atomic E-state index is 0.155. The second kappa shape index (κ2) is 9.53. The molecule has 0 aromatic heterocycles. The van der Waals surface area contributed by atoms with Gasteiger partial charge in [-0.3, -0.25) is 4.79 Å². The van der Waals surface area contributed by atoms with E-state index >= 15 is 0 Å². The molecule has 0 spiro atoms. The summed E-state index contributed by atoms with van der Waals surface area (Å²) in [6.07, 6.45) is 0.698. The normalized spacial score (nSPS) is 14.0. The summed E-state index contributed by atoms with van der Waals surface area (Å²) in [6.45, 7) is 7.10. The second-order valence-corrected chi connectivity index (χ2v) is 5.77. The summed E-state index contributed by atoms with van der Waals surface area (Å²) in [6, 6.07) is 9.88. The van der Waals surface area contributed by atoms with Crippen LogP contribution >= 0.6 is 0 Å². The lowest BCUT2D eigenvalue weighted by Gasteiger charge is -2.23. The molecule has 4 nitrogen and oxygen atoms in total. The number of hydrogen-bond donors (Lipinski definition) is 2. The average Bonchev–Trinajstić information content (AvgIpc) is 2.49. The fraction of sp³-hybridized carbons (Fsp3) is 0.588. The van der Waals surface area contributed by atoms with Gasteiger partial charge in [0.2, 0.25) is 0 Å². The van der Waals surface area contributed by atoms with E-state index in [4.69, 9.17) is 9.84 Å². The van der Waals surface area contributed by atoms with Gasteiger partial charge >= 0.3 is 5.97 Å². The van der Waals surface area contributed by atoms with Gasteiger partial charge in [0.15, 0.2) is 0 Å². The van der Waals surface area contributed by atoms with E-state index in [1.807, 2.05) is 37.3 Å². The topological polar surface area (TPSA) is 58.6 Å². The summed E-state index contributed by atoms with van der Waals surface area (Å²) >= 11 is 0. The van der Waals surface area contributed by atoms with E-state index in [0.717, 1.165) is 5.56 Å². The van der Waals surface area contributed by atoms with Crippen molar-refractivity contribution in [2.45, 2.75) is 39.8 Å². The van der Waals surface area contributed by atoms with Crippen LogP contribution in [0, 0.1) is 11.8 Å². The third-order valence-electron chi connectivity index (χ3n) is 3.56. The third kappa shape index (κ3) is 6.74. The molecular formula is C17H27NO3. The molecule has 4 heteroatoms. The van der Waals surface area contributed by atoms with Crippen LogP contribution in [-0.2, 0) is 16.1 Å². The first-order chi connectivity index (χ1) is 10.0. The summed E-state index contributed by atoms with van der Waals surface area (Å²) < 4.78 is 5.31. The van der Waals surface area contributed by atoms with E-state index in [9.17, 15) is 4.79 Å². The number of rotatable bonds is 9. The van der Waals surface area contributed by atoms with Gasteiger partial charge in [0.1, 0.15) is 6.61 Å². The zero-order valence-corrected chi connectivity index (χ0v) is 13.2. The van der Waals surface area contributed by atoms with E-state index in [2.05, 4.69) is 19.2 Å². The first-order valence-corrected chi connectivity index (χ1v) is 7.59. The highest BCUT2D eigenvalue weighted by atomic mass is 16.5. The average molecular weight is 293 g/mol. The molecule has 0 saturated carbocycles. The molecule has 0 aliphatic heterocycles. The molecule has 2 N–H and O–H groups in total. The SMILES string of the molecule is CC(CNC(CCO)C(C)C)C(=O)OCc1ccccc1. The van der Waals surface area contributed by atoms with Crippen molar-refractivity contribution >= 4 is 5.97 Å². The van der Waals surface area contributed by atoms with Gasteiger partial charge in [0.25, 0.3) is 0 Å². The molecular weight excluding hydrogens is 266 g/mol. The Morgan fingerprint density at radius 2 is 1.90 bits per heavy atom. The highest BCUT2D eigenvalue weighted by Crippen LogP contribution is 2.08.